The van der Waals surface area contributed by atoms with Gasteiger partial charge in [0.05, 0.1) is 40.3 Å². The van der Waals surface area contributed by atoms with E-state index in [1.807, 2.05) is 21.1 Å². The van der Waals surface area contributed by atoms with Crippen molar-refractivity contribution in [3.05, 3.63) is 109 Å². The van der Waals surface area contributed by atoms with Crippen molar-refractivity contribution < 1.29 is 42.9 Å². The normalized spacial score (nSPS) is 13.8. The molecular formula is C57H93NO8. The number of carboxylic acid groups (broad SMARTS) is 1. The van der Waals surface area contributed by atoms with Crippen LogP contribution < -0.4 is 5.11 Å². The Morgan fingerprint density at radius 2 is 0.864 bits per heavy atom. The van der Waals surface area contributed by atoms with Crippen LogP contribution in [-0.4, -0.2) is 82.3 Å². The van der Waals surface area contributed by atoms with Crippen molar-refractivity contribution in [1.29, 1.82) is 0 Å². The minimum absolute atomic E-state index is 0.140. The number of carbonyl (C=O) groups is 3. The molecule has 0 heterocycles. The standard InChI is InChI=1S/C57H93NO8/c1-6-8-10-12-14-15-16-17-18-19-20-21-22-23-24-25-26-27-28-29-30-31-32-33-34-35-36-37-38-39-40-41-42-44-46-48-55(60)66-53(51-64-54(59)47-45-43-13-11-9-7-2)52-65-57(56(61)62)63-50-49-58(3,4)5/h8,10,14-15,17-18,20-21,23-24,26-27,29-30,32-33,35-36,53,57H,6-7,9,11-13,16,19,22,25,28,31,34,37-52H2,1-5H3/b10-8-,15-14-,18-17-,21-20-,24-23-,27-26-,30-29-,33-32-,36-35-. The number of carboxylic acids is 1. The van der Waals surface area contributed by atoms with Crippen LogP contribution in [0.15, 0.2) is 109 Å². The summed E-state index contributed by atoms with van der Waals surface area (Å²) in [4.78, 5) is 36.8. The van der Waals surface area contributed by atoms with Crippen molar-refractivity contribution in [2.24, 2.45) is 0 Å². The zero-order valence-electron chi connectivity index (χ0n) is 42.3. The van der Waals surface area contributed by atoms with Crippen LogP contribution in [0, 0.1) is 0 Å². The number of unbranched alkanes of at least 4 members (excludes halogenated alkanes) is 12. The lowest BCUT2D eigenvalue weighted by atomic mass is 10.1. The number of allylic oxidation sites excluding steroid dienone is 18. The molecule has 0 saturated carbocycles. The lowest BCUT2D eigenvalue weighted by Gasteiger charge is -2.26. The van der Waals surface area contributed by atoms with Crippen LogP contribution in [0.5, 0.6) is 0 Å². The molecular weight excluding hydrogens is 827 g/mol. The number of aliphatic carboxylic acids is 1. The predicted molar refractivity (Wildman–Crippen MR) is 273 cm³/mol. The van der Waals surface area contributed by atoms with E-state index in [9.17, 15) is 19.5 Å². The first kappa shape index (κ1) is 62.0. The third kappa shape index (κ3) is 47.9. The molecule has 0 aliphatic carbocycles. The lowest BCUT2D eigenvalue weighted by molar-refractivity contribution is -0.870. The first-order valence-electron chi connectivity index (χ1n) is 25.5. The van der Waals surface area contributed by atoms with Crippen LogP contribution in [-0.2, 0) is 33.3 Å². The average Bonchev–Trinajstić information content (AvgIpc) is 3.28. The number of quaternary nitrogens is 1. The Morgan fingerprint density at radius 3 is 1.29 bits per heavy atom. The van der Waals surface area contributed by atoms with Gasteiger partial charge in [-0.3, -0.25) is 9.59 Å². The molecule has 0 aromatic heterocycles. The van der Waals surface area contributed by atoms with Gasteiger partial charge < -0.3 is 33.3 Å². The highest BCUT2D eigenvalue weighted by Crippen LogP contribution is 2.13. The van der Waals surface area contributed by atoms with E-state index in [0.29, 0.717) is 17.4 Å². The van der Waals surface area contributed by atoms with E-state index in [0.717, 1.165) is 116 Å². The summed E-state index contributed by atoms with van der Waals surface area (Å²) in [5, 5.41) is 11.7. The molecule has 9 nitrogen and oxygen atoms in total. The van der Waals surface area contributed by atoms with Crippen LogP contribution >= 0.6 is 0 Å². The Bertz CT molecular complexity index is 1440. The van der Waals surface area contributed by atoms with Gasteiger partial charge in [-0.2, -0.15) is 0 Å². The number of carbonyl (C=O) groups excluding carboxylic acids is 3. The summed E-state index contributed by atoms with van der Waals surface area (Å²) in [6.45, 7) is 4.51. The van der Waals surface area contributed by atoms with E-state index in [-0.39, 0.29) is 38.6 Å². The van der Waals surface area contributed by atoms with Crippen molar-refractivity contribution in [3.8, 4) is 0 Å². The zero-order valence-corrected chi connectivity index (χ0v) is 42.3. The molecule has 2 atom stereocenters. The quantitative estimate of drug-likeness (QED) is 0.0195. The minimum Gasteiger partial charge on any atom is -0.545 e. The molecule has 0 radical (unpaired) electrons. The number of hydrogen-bond acceptors (Lipinski definition) is 8. The SMILES string of the molecule is CC/C=C\C/C=C\C/C=C\C/C=C\C/C=C\C/C=C\C/C=C\C/C=C\C/C=C\CCCCCCCCCC(=O)OC(COC(=O)CCCCCCCC)COC(OCC[N+](C)(C)C)C(=O)[O-]. The fraction of sp³-hybridized carbons (Fsp3) is 0.632. The highest BCUT2D eigenvalue weighted by atomic mass is 16.7. The van der Waals surface area contributed by atoms with Crippen molar-refractivity contribution in [2.45, 2.75) is 187 Å². The number of esters is 2. The van der Waals surface area contributed by atoms with Crippen LogP contribution in [0.25, 0.3) is 0 Å². The monoisotopic (exact) mass is 920 g/mol. The fourth-order valence-electron chi connectivity index (χ4n) is 6.35. The first-order chi connectivity index (χ1) is 32.1. The number of likely N-dealkylation sites (N-methyl/N-ethyl adjacent to an activating group) is 1. The summed E-state index contributed by atoms with van der Waals surface area (Å²) < 4.78 is 22.4. The third-order valence-corrected chi connectivity index (χ3v) is 10.3. The maximum atomic E-state index is 12.7. The molecule has 0 saturated heterocycles. The van der Waals surface area contributed by atoms with Gasteiger partial charge in [0.1, 0.15) is 13.2 Å². The lowest BCUT2D eigenvalue weighted by Crippen LogP contribution is -2.44. The maximum Gasteiger partial charge on any atom is 0.306 e. The molecule has 0 rings (SSSR count). The number of hydrogen-bond donors (Lipinski definition) is 0. The third-order valence-electron chi connectivity index (χ3n) is 10.3. The van der Waals surface area contributed by atoms with Crippen LogP contribution in [0.1, 0.15) is 174 Å². The molecule has 0 amide bonds. The molecule has 0 bridgehead atoms. The molecule has 0 aliphatic rings. The second-order valence-corrected chi connectivity index (χ2v) is 17.7. The minimum atomic E-state index is -1.63. The number of ether oxygens (including phenoxy) is 4. The summed E-state index contributed by atoms with van der Waals surface area (Å²) in [5.41, 5.74) is 0. The fourth-order valence-corrected chi connectivity index (χ4v) is 6.35. The van der Waals surface area contributed by atoms with Crippen molar-refractivity contribution in [3.63, 3.8) is 0 Å². The Kier molecular flexibility index (Phi) is 44.5. The van der Waals surface area contributed by atoms with Gasteiger partial charge in [-0.15, -0.1) is 0 Å². The van der Waals surface area contributed by atoms with E-state index >= 15 is 0 Å². The highest BCUT2D eigenvalue weighted by molar-refractivity contribution is 5.70. The van der Waals surface area contributed by atoms with E-state index in [4.69, 9.17) is 18.9 Å². The largest absolute Gasteiger partial charge is 0.545 e. The first-order valence-corrected chi connectivity index (χ1v) is 25.5. The Morgan fingerprint density at radius 1 is 0.470 bits per heavy atom. The highest BCUT2D eigenvalue weighted by Gasteiger charge is 2.21. The summed E-state index contributed by atoms with van der Waals surface area (Å²) in [5.74, 6) is -2.32. The van der Waals surface area contributed by atoms with Crippen LogP contribution in [0.4, 0.5) is 0 Å². The Balaban J connectivity index is 4.14. The Hall–Kier alpha value is -4.05. The van der Waals surface area contributed by atoms with Crippen molar-refractivity contribution in [2.75, 3.05) is 47.5 Å². The molecule has 374 valence electrons. The van der Waals surface area contributed by atoms with Crippen molar-refractivity contribution >= 4 is 17.9 Å². The number of rotatable bonds is 45. The summed E-state index contributed by atoms with van der Waals surface area (Å²) in [6, 6.07) is 0. The van der Waals surface area contributed by atoms with E-state index < -0.39 is 24.3 Å². The van der Waals surface area contributed by atoms with Gasteiger partial charge in [-0.1, -0.05) is 187 Å². The second-order valence-electron chi connectivity index (χ2n) is 17.7. The molecule has 0 aromatic rings. The zero-order chi connectivity index (χ0) is 48.4. The summed E-state index contributed by atoms with van der Waals surface area (Å²) in [6.07, 6.45) is 61.7. The number of nitrogens with zero attached hydrogens (tertiary/aromatic N) is 1. The van der Waals surface area contributed by atoms with E-state index in [1.165, 1.54) is 25.7 Å². The van der Waals surface area contributed by atoms with E-state index in [1.54, 1.807) is 0 Å². The molecule has 0 aromatic carbocycles. The van der Waals surface area contributed by atoms with Gasteiger partial charge in [0.2, 0.25) is 0 Å². The van der Waals surface area contributed by atoms with Crippen LogP contribution in [0.2, 0.25) is 0 Å². The molecule has 0 N–H and O–H groups in total. The molecule has 0 aliphatic heterocycles. The second kappa shape index (κ2) is 47.4. The van der Waals surface area contributed by atoms with Gasteiger partial charge in [0.15, 0.2) is 12.4 Å². The van der Waals surface area contributed by atoms with Crippen molar-refractivity contribution in [1.82, 2.24) is 0 Å². The maximum absolute atomic E-state index is 12.7. The average molecular weight is 920 g/mol. The topological polar surface area (TPSA) is 111 Å². The van der Waals surface area contributed by atoms with Gasteiger partial charge in [-0.05, 0) is 83.5 Å². The van der Waals surface area contributed by atoms with Gasteiger partial charge in [0.25, 0.3) is 0 Å². The van der Waals surface area contributed by atoms with Crippen LogP contribution in [0.3, 0.4) is 0 Å². The van der Waals surface area contributed by atoms with Gasteiger partial charge in [-0.25, -0.2) is 0 Å². The predicted octanol–water partition coefficient (Wildman–Crippen LogP) is 13.1. The molecule has 0 spiro atoms. The molecule has 9 heteroatoms. The summed E-state index contributed by atoms with van der Waals surface area (Å²) >= 11 is 0. The van der Waals surface area contributed by atoms with Gasteiger partial charge >= 0.3 is 11.9 Å². The Labute approximate surface area is 403 Å². The van der Waals surface area contributed by atoms with Gasteiger partial charge in [0, 0.05) is 12.8 Å². The molecule has 2 unspecified atom stereocenters. The molecule has 66 heavy (non-hydrogen) atoms. The summed E-state index contributed by atoms with van der Waals surface area (Å²) in [7, 11) is 5.89. The van der Waals surface area contributed by atoms with E-state index in [2.05, 4.69) is 123 Å². The molecule has 0 fully saturated rings. The smallest absolute Gasteiger partial charge is 0.306 e.